The van der Waals surface area contributed by atoms with Gasteiger partial charge in [-0.1, -0.05) is 5.16 Å². The van der Waals surface area contributed by atoms with Crippen LogP contribution in [0.25, 0.3) is 0 Å². The molecule has 1 aliphatic carbocycles. The van der Waals surface area contributed by atoms with Crippen molar-refractivity contribution < 1.29 is 9.62 Å². The Labute approximate surface area is 77.1 Å². The summed E-state index contributed by atoms with van der Waals surface area (Å²) in [6.45, 7) is 3.96. The third-order valence-corrected chi connectivity index (χ3v) is 2.68. The second kappa shape index (κ2) is 2.91. The number of hydrogen-bond donors (Lipinski definition) is 1. The van der Waals surface area contributed by atoms with Crippen LogP contribution in [0.3, 0.4) is 0 Å². The van der Waals surface area contributed by atoms with E-state index in [4.69, 9.17) is 9.62 Å². The monoisotopic (exact) mass is 179 g/mol. The van der Waals surface area contributed by atoms with Crippen molar-refractivity contribution in [2.45, 2.75) is 33.1 Å². The quantitative estimate of drug-likeness (QED) is 0.491. The number of nitrogens with zero attached hydrogens (tertiary/aromatic N) is 1. The zero-order valence-corrected chi connectivity index (χ0v) is 7.92. The normalized spacial score (nSPS) is 19.1. The molecule has 0 atom stereocenters. The molecule has 0 bridgehead atoms. The van der Waals surface area contributed by atoms with Crippen molar-refractivity contribution in [3.8, 4) is 0 Å². The van der Waals surface area contributed by atoms with E-state index in [1.807, 2.05) is 13.8 Å². The van der Waals surface area contributed by atoms with Gasteiger partial charge in [0, 0.05) is 12.0 Å². The zero-order chi connectivity index (χ0) is 9.42. The second-order valence-electron chi connectivity index (χ2n) is 3.48. The van der Waals surface area contributed by atoms with Crippen LogP contribution >= 0.6 is 0 Å². The molecule has 0 aliphatic heterocycles. The molecule has 3 nitrogen and oxygen atoms in total. The fraction of sp³-hybridized carbons (Fsp3) is 0.500. The third-order valence-electron chi connectivity index (χ3n) is 2.68. The van der Waals surface area contributed by atoms with Crippen molar-refractivity contribution >= 4 is 5.71 Å². The first-order valence-electron chi connectivity index (χ1n) is 4.54. The van der Waals surface area contributed by atoms with Crippen molar-refractivity contribution in [2.75, 3.05) is 0 Å². The van der Waals surface area contributed by atoms with Crippen LogP contribution in [0.4, 0.5) is 0 Å². The molecule has 1 aromatic rings. The fourth-order valence-electron chi connectivity index (χ4n) is 1.89. The molecule has 1 aliphatic rings. The average Bonchev–Trinajstić information content (AvgIpc) is 2.43. The van der Waals surface area contributed by atoms with Crippen molar-refractivity contribution in [2.24, 2.45) is 5.16 Å². The van der Waals surface area contributed by atoms with E-state index in [0.29, 0.717) is 0 Å². The summed E-state index contributed by atoms with van der Waals surface area (Å²) in [5.74, 6) is 1.92. The summed E-state index contributed by atoms with van der Waals surface area (Å²) in [5, 5.41) is 12.1. The molecule has 1 N–H and O–H groups in total. The summed E-state index contributed by atoms with van der Waals surface area (Å²) in [4.78, 5) is 0. The first kappa shape index (κ1) is 8.35. The molecular weight excluding hydrogens is 166 g/mol. The molecule has 3 heteroatoms. The van der Waals surface area contributed by atoms with Gasteiger partial charge < -0.3 is 9.62 Å². The lowest BCUT2D eigenvalue weighted by Gasteiger charge is -2.11. The Kier molecular flexibility index (Phi) is 1.87. The third kappa shape index (κ3) is 1.15. The molecule has 13 heavy (non-hydrogen) atoms. The van der Waals surface area contributed by atoms with Gasteiger partial charge in [-0.05, 0) is 32.3 Å². The molecule has 0 spiro atoms. The number of rotatable bonds is 0. The highest BCUT2D eigenvalue weighted by atomic mass is 16.4. The molecule has 0 saturated heterocycles. The molecule has 0 unspecified atom stereocenters. The standard InChI is InChI=1S/C10H13NO2/c1-6-7(2)13-9-5-3-4-8(11-12)10(6)9/h12H,3-5H2,1-2H3. The Balaban J connectivity index is 2.60. The van der Waals surface area contributed by atoms with Crippen LogP contribution in [0.5, 0.6) is 0 Å². The van der Waals surface area contributed by atoms with Gasteiger partial charge in [-0.2, -0.15) is 0 Å². The van der Waals surface area contributed by atoms with Gasteiger partial charge >= 0.3 is 0 Å². The van der Waals surface area contributed by atoms with Gasteiger partial charge in [0.15, 0.2) is 0 Å². The Hall–Kier alpha value is -1.25. The predicted molar refractivity (Wildman–Crippen MR) is 49.4 cm³/mol. The molecule has 0 amide bonds. The smallest absolute Gasteiger partial charge is 0.113 e. The maximum Gasteiger partial charge on any atom is 0.113 e. The first-order valence-corrected chi connectivity index (χ1v) is 4.54. The minimum atomic E-state index is 0.774. The lowest BCUT2D eigenvalue weighted by Crippen LogP contribution is -2.10. The van der Waals surface area contributed by atoms with Gasteiger partial charge in [-0.15, -0.1) is 0 Å². The minimum absolute atomic E-state index is 0.774. The van der Waals surface area contributed by atoms with E-state index in [9.17, 15) is 0 Å². The van der Waals surface area contributed by atoms with Gasteiger partial charge in [0.05, 0.1) is 5.71 Å². The lowest BCUT2D eigenvalue weighted by molar-refractivity contribution is 0.317. The Bertz CT molecular complexity index is 363. The topological polar surface area (TPSA) is 45.7 Å². The van der Waals surface area contributed by atoms with Crippen molar-refractivity contribution in [3.05, 3.63) is 22.6 Å². The maximum absolute atomic E-state index is 8.82. The largest absolute Gasteiger partial charge is 0.465 e. The van der Waals surface area contributed by atoms with E-state index in [1.54, 1.807) is 0 Å². The highest BCUT2D eigenvalue weighted by molar-refractivity contribution is 6.03. The van der Waals surface area contributed by atoms with Crippen LogP contribution in [-0.4, -0.2) is 10.9 Å². The number of oxime groups is 1. The summed E-state index contributed by atoms with van der Waals surface area (Å²) >= 11 is 0. The fourth-order valence-corrected chi connectivity index (χ4v) is 1.89. The van der Waals surface area contributed by atoms with E-state index >= 15 is 0 Å². The van der Waals surface area contributed by atoms with Crippen molar-refractivity contribution in [3.63, 3.8) is 0 Å². The van der Waals surface area contributed by atoms with Crippen LogP contribution < -0.4 is 0 Å². The zero-order valence-electron chi connectivity index (χ0n) is 7.92. The first-order chi connectivity index (χ1) is 6.24. The summed E-state index contributed by atoms with van der Waals surface area (Å²) in [5.41, 5.74) is 2.92. The van der Waals surface area contributed by atoms with Crippen molar-refractivity contribution in [1.82, 2.24) is 0 Å². The second-order valence-corrected chi connectivity index (χ2v) is 3.48. The minimum Gasteiger partial charge on any atom is -0.465 e. The van der Waals surface area contributed by atoms with Crippen LogP contribution in [0.15, 0.2) is 9.57 Å². The SMILES string of the molecule is Cc1oc2c(c1C)C(=NO)CCC2. The van der Waals surface area contributed by atoms with E-state index in [1.165, 1.54) is 0 Å². The van der Waals surface area contributed by atoms with Crippen LogP contribution in [0, 0.1) is 13.8 Å². The summed E-state index contributed by atoms with van der Waals surface area (Å²) < 4.78 is 5.58. The molecule has 0 saturated carbocycles. The Morgan fingerprint density at radius 3 is 2.77 bits per heavy atom. The lowest BCUT2D eigenvalue weighted by atomic mass is 9.93. The number of hydrogen-bond acceptors (Lipinski definition) is 3. The van der Waals surface area contributed by atoms with Gasteiger partial charge in [-0.3, -0.25) is 0 Å². The molecular formula is C10H13NO2. The Morgan fingerprint density at radius 1 is 1.31 bits per heavy atom. The molecule has 1 aromatic heterocycles. The molecule has 0 radical (unpaired) electrons. The number of fused-ring (bicyclic) bond motifs is 1. The molecule has 2 rings (SSSR count). The maximum atomic E-state index is 8.82. The molecule has 1 heterocycles. The summed E-state index contributed by atoms with van der Waals surface area (Å²) in [6, 6.07) is 0. The van der Waals surface area contributed by atoms with Crippen molar-refractivity contribution in [1.29, 1.82) is 0 Å². The average molecular weight is 179 g/mol. The highest BCUT2D eigenvalue weighted by Gasteiger charge is 2.23. The molecule has 70 valence electrons. The van der Waals surface area contributed by atoms with Gasteiger partial charge in [0.25, 0.3) is 0 Å². The molecule has 0 fully saturated rings. The van der Waals surface area contributed by atoms with E-state index in [0.717, 1.165) is 47.6 Å². The van der Waals surface area contributed by atoms with Gasteiger partial charge in [0.1, 0.15) is 11.5 Å². The van der Waals surface area contributed by atoms with Crippen LogP contribution in [0.2, 0.25) is 0 Å². The Morgan fingerprint density at radius 2 is 2.08 bits per heavy atom. The highest BCUT2D eigenvalue weighted by Crippen LogP contribution is 2.28. The van der Waals surface area contributed by atoms with Gasteiger partial charge in [0.2, 0.25) is 0 Å². The van der Waals surface area contributed by atoms with Crippen LogP contribution in [0.1, 0.15) is 35.5 Å². The number of furan rings is 1. The summed E-state index contributed by atoms with van der Waals surface area (Å²) in [6.07, 6.45) is 2.82. The van der Waals surface area contributed by atoms with Gasteiger partial charge in [-0.25, -0.2) is 0 Å². The number of aryl methyl sites for hydroxylation is 2. The van der Waals surface area contributed by atoms with E-state index in [-0.39, 0.29) is 0 Å². The van der Waals surface area contributed by atoms with E-state index < -0.39 is 0 Å². The van der Waals surface area contributed by atoms with Crippen LogP contribution in [-0.2, 0) is 6.42 Å². The predicted octanol–water partition coefficient (Wildman–Crippen LogP) is 2.41. The molecule has 0 aromatic carbocycles. The van der Waals surface area contributed by atoms with E-state index in [2.05, 4.69) is 5.16 Å². The summed E-state index contributed by atoms with van der Waals surface area (Å²) in [7, 11) is 0.